The molecule has 0 unspecified atom stereocenters. The second kappa shape index (κ2) is 10.0. The third-order valence-corrected chi connectivity index (χ3v) is 6.17. The lowest BCUT2D eigenvalue weighted by molar-refractivity contribution is -0.110. The van der Waals surface area contributed by atoms with Crippen molar-refractivity contribution in [1.29, 1.82) is 0 Å². The molecule has 1 aliphatic carbocycles. The van der Waals surface area contributed by atoms with Gasteiger partial charge in [0.05, 0.1) is 11.3 Å². The molecule has 10 heteroatoms. The Kier molecular flexibility index (Phi) is 6.48. The average Bonchev–Trinajstić information content (AvgIpc) is 3.59. The quantitative estimate of drug-likeness (QED) is 0.189. The van der Waals surface area contributed by atoms with Crippen molar-refractivity contribution < 1.29 is 14.0 Å². The van der Waals surface area contributed by atoms with Crippen molar-refractivity contribution >= 4 is 40.7 Å². The van der Waals surface area contributed by atoms with Crippen molar-refractivity contribution in [3.63, 3.8) is 0 Å². The number of nitrogens with zero attached hydrogens (tertiary/aromatic N) is 3. The molecule has 0 spiro atoms. The molecule has 3 heterocycles. The van der Waals surface area contributed by atoms with E-state index < -0.39 is 17.9 Å². The summed E-state index contributed by atoms with van der Waals surface area (Å²) in [5.41, 5.74) is 7.85. The molecule has 0 aliphatic heterocycles. The molecule has 184 valence electrons. The Labute approximate surface area is 206 Å². The van der Waals surface area contributed by atoms with Crippen molar-refractivity contribution in [3.8, 4) is 0 Å². The minimum Gasteiger partial charge on any atom is -0.365 e. The van der Waals surface area contributed by atoms with Crippen molar-refractivity contribution in [2.45, 2.75) is 32.0 Å². The van der Waals surface area contributed by atoms with Crippen LogP contribution in [0.25, 0.3) is 11.0 Å². The molecule has 5 N–H and O–H groups in total. The number of nitrogens with one attached hydrogen (secondary N) is 3. The first-order valence-electron chi connectivity index (χ1n) is 11.7. The lowest BCUT2D eigenvalue weighted by atomic mass is 10.1. The number of amides is 2. The fourth-order valence-corrected chi connectivity index (χ4v) is 4.17. The van der Waals surface area contributed by atoms with Crippen LogP contribution in [0.15, 0.2) is 60.9 Å². The number of aromatic nitrogens is 3. The lowest BCUT2D eigenvalue weighted by Gasteiger charge is -2.20. The maximum absolute atomic E-state index is 15.0. The number of halogens is 1. The SMILES string of the molecule is NC(=O)c1cc(F)c(N[C@H](Cc2ccccc2)NC=O)nc1Nc1ccnc2c1ccn2CC1CC1. The summed E-state index contributed by atoms with van der Waals surface area (Å²) in [7, 11) is 0. The molecule has 36 heavy (non-hydrogen) atoms. The summed E-state index contributed by atoms with van der Waals surface area (Å²) in [6.45, 7) is 0.905. The summed E-state index contributed by atoms with van der Waals surface area (Å²) >= 11 is 0. The summed E-state index contributed by atoms with van der Waals surface area (Å²) in [6.07, 6.45) is 6.39. The van der Waals surface area contributed by atoms with E-state index in [2.05, 4.69) is 30.5 Å². The predicted octanol–water partition coefficient (Wildman–Crippen LogP) is 3.55. The van der Waals surface area contributed by atoms with Gasteiger partial charge in [-0.15, -0.1) is 0 Å². The molecule has 0 radical (unpaired) electrons. The van der Waals surface area contributed by atoms with E-state index in [0.717, 1.165) is 29.2 Å². The van der Waals surface area contributed by atoms with E-state index >= 15 is 0 Å². The normalized spacial score (nSPS) is 13.8. The molecule has 2 amide bonds. The average molecular weight is 488 g/mol. The zero-order valence-electron chi connectivity index (χ0n) is 19.4. The van der Waals surface area contributed by atoms with E-state index in [9.17, 15) is 14.0 Å². The maximum Gasteiger partial charge on any atom is 0.252 e. The molecule has 1 saturated carbocycles. The molecule has 9 nitrogen and oxygen atoms in total. The van der Waals surface area contributed by atoms with Gasteiger partial charge in [-0.05, 0) is 42.5 Å². The summed E-state index contributed by atoms with van der Waals surface area (Å²) in [5, 5.41) is 9.55. The smallest absolute Gasteiger partial charge is 0.252 e. The molecule has 1 aromatic carbocycles. The monoisotopic (exact) mass is 487 g/mol. The first kappa shape index (κ1) is 23.3. The van der Waals surface area contributed by atoms with Crippen LogP contribution in [0.5, 0.6) is 0 Å². The van der Waals surface area contributed by atoms with E-state index in [1.807, 2.05) is 42.6 Å². The second-order valence-electron chi connectivity index (χ2n) is 8.88. The van der Waals surface area contributed by atoms with Crippen LogP contribution in [-0.4, -0.2) is 33.0 Å². The van der Waals surface area contributed by atoms with E-state index in [4.69, 9.17) is 5.73 Å². The summed E-state index contributed by atoms with van der Waals surface area (Å²) in [4.78, 5) is 32.2. The molecular formula is C26H26FN7O2. The Morgan fingerprint density at radius 3 is 2.72 bits per heavy atom. The van der Waals surface area contributed by atoms with Gasteiger partial charge in [0.1, 0.15) is 17.6 Å². The molecule has 1 aliphatic rings. The van der Waals surface area contributed by atoms with Crippen LogP contribution in [0.4, 0.5) is 21.7 Å². The lowest BCUT2D eigenvalue weighted by Crippen LogP contribution is -2.38. The minimum absolute atomic E-state index is 0.0941. The fraction of sp³-hybridized carbons (Fsp3) is 0.231. The highest BCUT2D eigenvalue weighted by Crippen LogP contribution is 2.33. The predicted molar refractivity (Wildman–Crippen MR) is 135 cm³/mol. The highest BCUT2D eigenvalue weighted by molar-refractivity contribution is 6.00. The van der Waals surface area contributed by atoms with Crippen molar-refractivity contribution in [2.75, 3.05) is 10.6 Å². The Morgan fingerprint density at radius 2 is 2.00 bits per heavy atom. The highest BCUT2D eigenvalue weighted by Gasteiger charge is 2.23. The van der Waals surface area contributed by atoms with Gasteiger partial charge in [0.2, 0.25) is 6.41 Å². The molecule has 1 fully saturated rings. The van der Waals surface area contributed by atoms with Gasteiger partial charge in [0, 0.05) is 30.7 Å². The van der Waals surface area contributed by atoms with Gasteiger partial charge in [-0.1, -0.05) is 30.3 Å². The second-order valence-corrected chi connectivity index (χ2v) is 8.88. The van der Waals surface area contributed by atoms with E-state index in [0.29, 0.717) is 24.4 Å². The number of fused-ring (bicyclic) bond motifs is 1. The molecule has 0 bridgehead atoms. The van der Waals surface area contributed by atoms with Crippen molar-refractivity contribution in [3.05, 3.63) is 77.9 Å². The minimum atomic E-state index is -0.820. The van der Waals surface area contributed by atoms with Gasteiger partial charge < -0.3 is 26.3 Å². The third kappa shape index (κ3) is 5.12. The summed E-state index contributed by atoms with van der Waals surface area (Å²) in [6, 6.07) is 14.2. The molecule has 1 atom stereocenters. The number of rotatable bonds is 11. The Hall–Kier alpha value is -4.47. The van der Waals surface area contributed by atoms with Gasteiger partial charge in [0.15, 0.2) is 11.6 Å². The van der Waals surface area contributed by atoms with Crippen LogP contribution in [0.1, 0.15) is 28.8 Å². The first-order valence-corrected chi connectivity index (χ1v) is 11.7. The van der Waals surface area contributed by atoms with Crippen LogP contribution in [0, 0.1) is 11.7 Å². The topological polar surface area (TPSA) is 127 Å². The zero-order chi connectivity index (χ0) is 25.1. The van der Waals surface area contributed by atoms with Gasteiger partial charge in [-0.3, -0.25) is 9.59 Å². The molecule has 5 rings (SSSR count). The number of hydrogen-bond acceptors (Lipinski definition) is 6. The Balaban J connectivity index is 1.45. The van der Waals surface area contributed by atoms with Gasteiger partial charge >= 0.3 is 0 Å². The van der Waals surface area contributed by atoms with E-state index in [-0.39, 0.29) is 17.2 Å². The third-order valence-electron chi connectivity index (χ3n) is 6.17. The number of benzene rings is 1. The van der Waals surface area contributed by atoms with Crippen molar-refractivity contribution in [2.24, 2.45) is 11.7 Å². The number of hydrogen-bond donors (Lipinski definition) is 4. The van der Waals surface area contributed by atoms with E-state index in [1.54, 1.807) is 12.3 Å². The maximum atomic E-state index is 15.0. The van der Waals surface area contributed by atoms with Crippen molar-refractivity contribution in [1.82, 2.24) is 19.9 Å². The molecule has 4 aromatic rings. The number of pyridine rings is 2. The van der Waals surface area contributed by atoms with Crippen LogP contribution in [0.3, 0.4) is 0 Å². The summed E-state index contributed by atoms with van der Waals surface area (Å²) < 4.78 is 17.1. The van der Waals surface area contributed by atoms with Crippen LogP contribution in [-0.2, 0) is 17.8 Å². The first-order chi connectivity index (χ1) is 17.5. The van der Waals surface area contributed by atoms with Crippen LogP contribution in [0.2, 0.25) is 0 Å². The van der Waals surface area contributed by atoms with Crippen LogP contribution < -0.4 is 21.7 Å². The fourth-order valence-electron chi connectivity index (χ4n) is 4.17. The van der Waals surface area contributed by atoms with Crippen LogP contribution >= 0.6 is 0 Å². The molecular weight excluding hydrogens is 461 g/mol. The largest absolute Gasteiger partial charge is 0.365 e. The number of nitrogens with two attached hydrogens (primary N) is 1. The Bertz CT molecular complexity index is 1400. The standard InChI is InChI=1S/C26H26FN7O2/c27-20-13-19(23(28)36)24(33-25(20)32-22(30-15-35)12-16-4-2-1-3-5-16)31-21-8-10-29-26-18(21)9-11-34(26)14-17-6-7-17/h1-5,8-11,13,15,17,22H,6-7,12,14H2,(H2,28,36)(H,30,35)(H2,29,31,32,33)/t22-/m1/s1. The number of carbonyl (C=O) groups is 2. The number of anilines is 3. The highest BCUT2D eigenvalue weighted by atomic mass is 19.1. The molecule has 0 saturated heterocycles. The van der Waals surface area contributed by atoms with Gasteiger partial charge in [0.25, 0.3) is 5.91 Å². The Morgan fingerprint density at radius 1 is 1.19 bits per heavy atom. The van der Waals surface area contributed by atoms with Gasteiger partial charge in [-0.2, -0.15) is 0 Å². The molecule has 3 aromatic heterocycles. The number of carbonyl (C=O) groups excluding carboxylic acids is 2. The van der Waals surface area contributed by atoms with E-state index in [1.165, 1.54) is 12.8 Å². The number of primary amides is 1. The zero-order valence-corrected chi connectivity index (χ0v) is 19.4. The summed E-state index contributed by atoms with van der Waals surface area (Å²) in [5.74, 6) is -0.945. The van der Waals surface area contributed by atoms with Gasteiger partial charge in [-0.25, -0.2) is 14.4 Å².